The Bertz CT molecular complexity index is 564. The van der Waals surface area contributed by atoms with E-state index in [2.05, 4.69) is 10.5 Å². The van der Waals surface area contributed by atoms with Gasteiger partial charge >= 0.3 is 0 Å². The molecule has 0 bridgehead atoms. The Kier molecular flexibility index (Phi) is 5.06. The smallest absolute Gasteiger partial charge is 0.224 e. The Morgan fingerprint density at radius 3 is 2.75 bits per heavy atom. The first-order valence-corrected chi connectivity index (χ1v) is 6.53. The number of nitrogens with one attached hydrogen (secondary N) is 1. The van der Waals surface area contributed by atoms with Crippen LogP contribution in [0.25, 0.3) is 0 Å². The van der Waals surface area contributed by atoms with Gasteiger partial charge in [0.05, 0.1) is 0 Å². The number of carbonyl (C=O) groups is 2. The van der Waals surface area contributed by atoms with Gasteiger partial charge in [0.15, 0.2) is 6.29 Å². The largest absolute Gasteiger partial charge is 0.361 e. The van der Waals surface area contributed by atoms with Crippen molar-refractivity contribution in [2.45, 2.75) is 25.7 Å². The second-order valence-corrected chi connectivity index (χ2v) is 4.46. The van der Waals surface area contributed by atoms with Gasteiger partial charge in [-0.05, 0) is 25.0 Å². The van der Waals surface area contributed by atoms with E-state index in [-0.39, 0.29) is 5.91 Å². The summed E-state index contributed by atoms with van der Waals surface area (Å²) < 4.78 is 4.98. The maximum Gasteiger partial charge on any atom is 0.224 e. The van der Waals surface area contributed by atoms with Crippen LogP contribution >= 0.6 is 0 Å². The summed E-state index contributed by atoms with van der Waals surface area (Å²) in [6.45, 7) is 0. The quantitative estimate of drug-likeness (QED) is 0.621. The number of amides is 1. The third-order valence-corrected chi connectivity index (χ3v) is 2.83. The Labute approximate surface area is 117 Å². The van der Waals surface area contributed by atoms with Crippen LogP contribution in [-0.4, -0.2) is 17.4 Å². The molecule has 0 spiro atoms. The van der Waals surface area contributed by atoms with E-state index < -0.39 is 0 Å². The number of nitrogens with zero attached hydrogens (tertiary/aromatic N) is 1. The lowest BCUT2D eigenvalue weighted by molar-refractivity contribution is -0.116. The van der Waals surface area contributed by atoms with E-state index >= 15 is 0 Å². The number of para-hydroxylation sites is 1. The second kappa shape index (κ2) is 7.23. The number of hydrogen-bond donors (Lipinski definition) is 1. The highest BCUT2D eigenvalue weighted by Crippen LogP contribution is 2.10. The number of aldehydes is 1. The SMILES string of the molecule is O=Cc1cc(CCCCC(=O)Nc2ccccc2)on1. The van der Waals surface area contributed by atoms with Crippen molar-refractivity contribution in [3.05, 3.63) is 47.9 Å². The molecule has 0 fully saturated rings. The van der Waals surface area contributed by atoms with E-state index in [1.165, 1.54) is 0 Å². The van der Waals surface area contributed by atoms with E-state index in [0.717, 1.165) is 18.5 Å². The van der Waals surface area contributed by atoms with Crippen LogP contribution in [0.4, 0.5) is 5.69 Å². The molecule has 20 heavy (non-hydrogen) atoms. The Morgan fingerprint density at radius 1 is 1.25 bits per heavy atom. The van der Waals surface area contributed by atoms with Crippen molar-refractivity contribution in [1.82, 2.24) is 5.16 Å². The zero-order chi connectivity index (χ0) is 14.2. The molecule has 2 rings (SSSR count). The first-order chi connectivity index (χ1) is 9.78. The van der Waals surface area contributed by atoms with Gasteiger partial charge in [-0.15, -0.1) is 0 Å². The van der Waals surface area contributed by atoms with Gasteiger partial charge in [0.1, 0.15) is 11.5 Å². The minimum absolute atomic E-state index is 0.00218. The number of hydrogen-bond acceptors (Lipinski definition) is 4. The Morgan fingerprint density at radius 2 is 2.05 bits per heavy atom. The molecule has 104 valence electrons. The summed E-state index contributed by atoms with van der Waals surface area (Å²) in [5.74, 6) is 0.679. The van der Waals surface area contributed by atoms with E-state index in [0.29, 0.717) is 30.6 Å². The molecule has 1 amide bonds. The fourth-order valence-electron chi connectivity index (χ4n) is 1.83. The maximum absolute atomic E-state index is 11.7. The van der Waals surface area contributed by atoms with Gasteiger partial charge in [0.25, 0.3) is 0 Å². The van der Waals surface area contributed by atoms with Crippen LogP contribution < -0.4 is 5.32 Å². The minimum Gasteiger partial charge on any atom is -0.361 e. The van der Waals surface area contributed by atoms with Crippen molar-refractivity contribution >= 4 is 17.9 Å². The Balaban J connectivity index is 1.65. The first-order valence-electron chi connectivity index (χ1n) is 6.53. The van der Waals surface area contributed by atoms with Crippen molar-refractivity contribution in [2.75, 3.05) is 5.32 Å². The van der Waals surface area contributed by atoms with Gasteiger partial charge in [-0.1, -0.05) is 23.4 Å². The lowest BCUT2D eigenvalue weighted by Crippen LogP contribution is -2.10. The molecule has 0 aliphatic heterocycles. The molecular weight excluding hydrogens is 256 g/mol. The van der Waals surface area contributed by atoms with Gasteiger partial charge < -0.3 is 9.84 Å². The molecule has 0 atom stereocenters. The molecule has 0 saturated carbocycles. The molecule has 1 aromatic carbocycles. The van der Waals surface area contributed by atoms with Crippen molar-refractivity contribution < 1.29 is 14.1 Å². The lowest BCUT2D eigenvalue weighted by Gasteiger charge is -2.04. The second-order valence-electron chi connectivity index (χ2n) is 4.46. The summed E-state index contributed by atoms with van der Waals surface area (Å²) in [4.78, 5) is 22.1. The molecule has 0 radical (unpaired) electrons. The normalized spacial score (nSPS) is 10.2. The molecule has 1 N–H and O–H groups in total. The number of anilines is 1. The van der Waals surface area contributed by atoms with Crippen LogP contribution in [0.1, 0.15) is 35.5 Å². The number of aromatic nitrogens is 1. The van der Waals surface area contributed by atoms with Crippen LogP contribution in [0, 0.1) is 0 Å². The predicted molar refractivity (Wildman–Crippen MR) is 74.5 cm³/mol. The van der Waals surface area contributed by atoms with Crippen LogP contribution in [0.5, 0.6) is 0 Å². The molecule has 0 aliphatic carbocycles. The van der Waals surface area contributed by atoms with Gasteiger partial charge in [-0.3, -0.25) is 9.59 Å². The highest BCUT2D eigenvalue weighted by molar-refractivity contribution is 5.90. The average molecular weight is 272 g/mol. The monoisotopic (exact) mass is 272 g/mol. The zero-order valence-electron chi connectivity index (χ0n) is 11.0. The maximum atomic E-state index is 11.7. The van der Waals surface area contributed by atoms with Gasteiger partial charge in [0, 0.05) is 24.6 Å². The van der Waals surface area contributed by atoms with E-state index in [1.54, 1.807) is 6.07 Å². The minimum atomic E-state index is 0.00218. The summed E-state index contributed by atoms with van der Waals surface area (Å²) in [5, 5.41) is 6.41. The summed E-state index contributed by atoms with van der Waals surface area (Å²) in [7, 11) is 0. The summed E-state index contributed by atoms with van der Waals surface area (Å²) in [6, 6.07) is 11.0. The fourth-order valence-corrected chi connectivity index (χ4v) is 1.83. The summed E-state index contributed by atoms with van der Waals surface area (Å²) >= 11 is 0. The van der Waals surface area contributed by atoms with Crippen molar-refractivity contribution in [3.63, 3.8) is 0 Å². The molecule has 0 unspecified atom stereocenters. The molecule has 2 aromatic rings. The summed E-state index contributed by atoms with van der Waals surface area (Å²) in [6.07, 6.45) is 3.37. The predicted octanol–water partition coefficient (Wildman–Crippen LogP) is 2.84. The lowest BCUT2D eigenvalue weighted by atomic mass is 10.1. The number of benzene rings is 1. The molecule has 1 heterocycles. The van der Waals surface area contributed by atoms with Crippen molar-refractivity contribution in [3.8, 4) is 0 Å². The highest BCUT2D eigenvalue weighted by atomic mass is 16.5. The van der Waals surface area contributed by atoms with E-state index in [4.69, 9.17) is 4.52 Å². The Hall–Kier alpha value is -2.43. The number of aryl methyl sites for hydroxylation is 1. The van der Waals surface area contributed by atoms with Crippen LogP contribution in [0.2, 0.25) is 0 Å². The average Bonchev–Trinajstić information content (AvgIpc) is 2.93. The molecule has 1 aromatic heterocycles. The van der Waals surface area contributed by atoms with Crippen LogP contribution in [0.3, 0.4) is 0 Å². The van der Waals surface area contributed by atoms with Gasteiger partial charge in [-0.2, -0.15) is 0 Å². The number of unbranched alkanes of at least 4 members (excludes halogenated alkanes) is 1. The standard InChI is InChI=1S/C15H16N2O3/c18-11-13-10-14(20-17-13)8-4-5-9-15(19)16-12-6-2-1-3-7-12/h1-3,6-7,10-11H,4-5,8-9H2,(H,16,19). The molecular formula is C15H16N2O3. The third-order valence-electron chi connectivity index (χ3n) is 2.83. The molecule has 0 saturated heterocycles. The molecule has 0 aliphatic rings. The van der Waals surface area contributed by atoms with Crippen molar-refractivity contribution in [2.24, 2.45) is 0 Å². The topological polar surface area (TPSA) is 72.2 Å². The van der Waals surface area contributed by atoms with Crippen LogP contribution in [-0.2, 0) is 11.2 Å². The van der Waals surface area contributed by atoms with Crippen molar-refractivity contribution in [1.29, 1.82) is 0 Å². The number of rotatable bonds is 7. The molecule has 5 nitrogen and oxygen atoms in total. The molecule has 5 heteroatoms. The van der Waals surface area contributed by atoms with Gasteiger partial charge in [-0.25, -0.2) is 0 Å². The van der Waals surface area contributed by atoms with E-state index in [9.17, 15) is 9.59 Å². The first kappa shape index (κ1) is 14.0. The number of carbonyl (C=O) groups excluding carboxylic acids is 2. The van der Waals surface area contributed by atoms with E-state index in [1.807, 2.05) is 30.3 Å². The fraction of sp³-hybridized carbons (Fsp3) is 0.267. The van der Waals surface area contributed by atoms with Crippen LogP contribution in [0.15, 0.2) is 40.9 Å². The van der Waals surface area contributed by atoms with Gasteiger partial charge in [0.2, 0.25) is 5.91 Å². The third kappa shape index (κ3) is 4.35. The summed E-state index contributed by atoms with van der Waals surface area (Å²) in [5.41, 5.74) is 1.12. The zero-order valence-corrected chi connectivity index (χ0v) is 11.0. The highest BCUT2D eigenvalue weighted by Gasteiger charge is 2.05.